The van der Waals surface area contributed by atoms with Gasteiger partial charge in [-0.05, 0) is 111 Å². The number of nitrogens with zero attached hydrogens (tertiary/aromatic N) is 10. The third kappa shape index (κ3) is 6.67. The number of hydrogen-bond acceptors (Lipinski definition) is 10. The SMILES string of the molecule is Cc1cccc2cc([C@@H](C)n3ncc4c(N)ncnc43)c(-c3cccc(F)c3)c(=O)n12.Cc1cccc2cc([C@H](C)n3ncc4c(N)ncnc43)c(-c3cccc(F)c3)c(=O)n12. The Morgan fingerprint density at radius 3 is 1.35 bits per heavy atom. The highest BCUT2D eigenvalue weighted by Gasteiger charge is 2.24. The summed E-state index contributed by atoms with van der Waals surface area (Å²) in [5.41, 5.74) is 19.0. The van der Waals surface area contributed by atoms with E-state index >= 15 is 0 Å². The van der Waals surface area contributed by atoms with Gasteiger partial charge in [-0.3, -0.25) is 18.4 Å². The van der Waals surface area contributed by atoms with E-state index in [-0.39, 0.29) is 23.2 Å². The van der Waals surface area contributed by atoms with E-state index in [1.807, 2.05) is 76.2 Å². The van der Waals surface area contributed by atoms with Gasteiger partial charge in [0.15, 0.2) is 11.3 Å². The van der Waals surface area contributed by atoms with Gasteiger partial charge in [0.2, 0.25) is 0 Å². The molecule has 0 spiro atoms. The molecule has 10 aromatic rings. The maximum absolute atomic E-state index is 14.1. The Kier molecular flexibility index (Phi) is 9.81. The van der Waals surface area contributed by atoms with Crippen molar-refractivity contribution in [3.8, 4) is 22.3 Å². The summed E-state index contributed by atoms with van der Waals surface area (Å²) in [5.74, 6) is -0.142. The molecule has 0 saturated carbocycles. The highest BCUT2D eigenvalue weighted by Crippen LogP contribution is 2.33. The van der Waals surface area contributed by atoms with Gasteiger partial charge in [0.1, 0.15) is 35.9 Å². The Hall–Kier alpha value is -8.14. The minimum absolute atomic E-state index is 0.214. The molecule has 308 valence electrons. The van der Waals surface area contributed by atoms with Gasteiger partial charge >= 0.3 is 0 Å². The van der Waals surface area contributed by atoms with Crippen molar-refractivity contribution >= 4 is 44.7 Å². The Morgan fingerprint density at radius 1 is 0.548 bits per heavy atom. The van der Waals surface area contributed by atoms with E-state index in [0.717, 1.165) is 22.4 Å². The van der Waals surface area contributed by atoms with Crippen LogP contribution >= 0.6 is 0 Å². The Morgan fingerprint density at radius 2 is 0.952 bits per heavy atom. The van der Waals surface area contributed by atoms with Gasteiger partial charge < -0.3 is 11.5 Å². The molecule has 62 heavy (non-hydrogen) atoms. The molecular weight excluding hydrogens is 791 g/mol. The van der Waals surface area contributed by atoms with Crippen molar-refractivity contribution in [2.75, 3.05) is 11.5 Å². The first-order valence-corrected chi connectivity index (χ1v) is 19.6. The molecular formula is C46H38F2N12O2. The van der Waals surface area contributed by atoms with Crippen LogP contribution in [0.5, 0.6) is 0 Å². The molecule has 0 unspecified atom stereocenters. The van der Waals surface area contributed by atoms with Gasteiger partial charge in [-0.2, -0.15) is 10.2 Å². The largest absolute Gasteiger partial charge is 0.383 e. The van der Waals surface area contributed by atoms with E-state index in [0.29, 0.717) is 67.1 Å². The third-order valence-corrected chi connectivity index (χ3v) is 11.2. The van der Waals surface area contributed by atoms with Crippen molar-refractivity contribution in [3.05, 3.63) is 177 Å². The molecule has 4 N–H and O–H groups in total. The van der Waals surface area contributed by atoms with E-state index < -0.39 is 11.6 Å². The van der Waals surface area contributed by atoms with Gasteiger partial charge in [0.05, 0.1) is 46.4 Å². The quantitative estimate of drug-likeness (QED) is 0.170. The standard InChI is InChI=1S/2C23H19FN6O/c2*1-13-5-3-8-17-10-18(14(2)30-22-19(11-28-30)21(25)26-12-27-22)20(23(31)29(13)17)15-6-4-7-16(24)9-15/h2*3-12,14H,1-2H3,(H2,25,26,27)/t2*14-/m10/s1. The lowest BCUT2D eigenvalue weighted by Crippen LogP contribution is -2.22. The maximum Gasteiger partial charge on any atom is 0.263 e. The van der Waals surface area contributed by atoms with Crippen LogP contribution < -0.4 is 22.6 Å². The predicted molar refractivity (Wildman–Crippen MR) is 235 cm³/mol. The average Bonchev–Trinajstić information content (AvgIpc) is 3.90. The van der Waals surface area contributed by atoms with Crippen LogP contribution in [0.4, 0.5) is 20.4 Å². The monoisotopic (exact) mass is 828 g/mol. The summed E-state index contributed by atoms with van der Waals surface area (Å²) in [6.07, 6.45) is 5.99. The van der Waals surface area contributed by atoms with Crippen LogP contribution in [-0.4, -0.2) is 48.3 Å². The molecule has 0 bridgehead atoms. The van der Waals surface area contributed by atoms with Crippen LogP contribution in [0.3, 0.4) is 0 Å². The Balaban J connectivity index is 0.000000158. The molecule has 2 aromatic carbocycles. The van der Waals surface area contributed by atoms with Crippen molar-refractivity contribution < 1.29 is 8.78 Å². The van der Waals surface area contributed by atoms with E-state index in [1.165, 1.54) is 36.9 Å². The Bertz CT molecular complexity index is 3270. The topological polar surface area (TPSA) is 182 Å². The van der Waals surface area contributed by atoms with E-state index in [4.69, 9.17) is 11.5 Å². The number of nitrogen functional groups attached to an aromatic ring is 2. The number of aromatic nitrogens is 10. The highest BCUT2D eigenvalue weighted by atomic mass is 19.1. The molecule has 8 heterocycles. The number of pyridine rings is 4. The highest BCUT2D eigenvalue weighted by molar-refractivity contribution is 5.86. The molecule has 2 atom stereocenters. The minimum Gasteiger partial charge on any atom is -0.383 e. The van der Waals surface area contributed by atoms with Crippen LogP contribution in [0.25, 0.3) is 55.4 Å². The first kappa shape index (κ1) is 39.3. The molecule has 0 aliphatic heterocycles. The molecule has 14 nitrogen and oxygen atoms in total. The second-order valence-corrected chi connectivity index (χ2v) is 15.0. The van der Waals surface area contributed by atoms with Crippen LogP contribution in [0.1, 0.15) is 48.4 Å². The number of aryl methyl sites for hydroxylation is 2. The van der Waals surface area contributed by atoms with Crippen LogP contribution in [0, 0.1) is 25.5 Å². The molecule has 10 rings (SSSR count). The second kappa shape index (κ2) is 15.5. The second-order valence-electron chi connectivity index (χ2n) is 15.0. The molecule has 0 saturated heterocycles. The molecule has 0 amide bonds. The number of fused-ring (bicyclic) bond motifs is 4. The van der Waals surface area contributed by atoms with Crippen molar-refractivity contribution in [3.63, 3.8) is 0 Å². The molecule has 16 heteroatoms. The lowest BCUT2D eigenvalue weighted by molar-refractivity contribution is 0.579. The van der Waals surface area contributed by atoms with Gasteiger partial charge in [-0.25, -0.2) is 38.1 Å². The lowest BCUT2D eigenvalue weighted by atomic mass is 9.96. The van der Waals surface area contributed by atoms with Crippen molar-refractivity contribution in [2.24, 2.45) is 0 Å². The zero-order valence-corrected chi connectivity index (χ0v) is 33.9. The molecule has 0 aliphatic carbocycles. The summed E-state index contributed by atoms with van der Waals surface area (Å²) in [4.78, 5) is 44.0. The zero-order valence-electron chi connectivity index (χ0n) is 33.9. The van der Waals surface area contributed by atoms with Crippen LogP contribution in [0.15, 0.2) is 132 Å². The van der Waals surface area contributed by atoms with Gasteiger partial charge in [-0.15, -0.1) is 0 Å². The summed E-state index contributed by atoms with van der Waals surface area (Å²) < 4.78 is 34.8. The molecule has 8 aromatic heterocycles. The van der Waals surface area contributed by atoms with E-state index in [2.05, 4.69) is 30.1 Å². The van der Waals surface area contributed by atoms with Crippen molar-refractivity contribution in [1.82, 2.24) is 48.3 Å². The maximum atomic E-state index is 14.1. The number of halogens is 2. The fourth-order valence-electron chi connectivity index (χ4n) is 8.11. The number of rotatable bonds is 6. The lowest BCUT2D eigenvalue weighted by Gasteiger charge is -2.19. The number of hydrogen-bond donors (Lipinski definition) is 2. The fourth-order valence-corrected chi connectivity index (χ4v) is 8.11. The van der Waals surface area contributed by atoms with E-state index in [1.54, 1.807) is 54.8 Å². The summed E-state index contributed by atoms with van der Waals surface area (Å²) in [5, 5.41) is 10.2. The summed E-state index contributed by atoms with van der Waals surface area (Å²) in [7, 11) is 0. The van der Waals surface area contributed by atoms with Gasteiger partial charge in [0, 0.05) is 22.4 Å². The van der Waals surface area contributed by atoms with Crippen molar-refractivity contribution in [2.45, 2.75) is 39.8 Å². The number of anilines is 2. The minimum atomic E-state index is -0.407. The molecule has 0 radical (unpaired) electrons. The van der Waals surface area contributed by atoms with Crippen LogP contribution in [-0.2, 0) is 0 Å². The predicted octanol–water partition coefficient (Wildman–Crippen LogP) is 7.49. The molecule has 0 aliphatic rings. The summed E-state index contributed by atoms with van der Waals surface area (Å²) in [6.45, 7) is 7.59. The van der Waals surface area contributed by atoms with E-state index in [9.17, 15) is 18.4 Å². The number of benzene rings is 2. The summed E-state index contributed by atoms with van der Waals surface area (Å²) >= 11 is 0. The first-order valence-electron chi connectivity index (χ1n) is 19.6. The third-order valence-electron chi connectivity index (χ3n) is 11.2. The smallest absolute Gasteiger partial charge is 0.263 e. The van der Waals surface area contributed by atoms with Crippen LogP contribution in [0.2, 0.25) is 0 Å². The van der Waals surface area contributed by atoms with Gasteiger partial charge in [0.25, 0.3) is 11.1 Å². The first-order chi connectivity index (χ1) is 29.9. The Labute approximate surface area is 351 Å². The molecule has 0 fully saturated rings. The average molecular weight is 829 g/mol. The normalized spacial score (nSPS) is 12.5. The summed E-state index contributed by atoms with van der Waals surface area (Å²) in [6, 6.07) is 26.6. The zero-order chi connectivity index (χ0) is 43.4. The van der Waals surface area contributed by atoms with Gasteiger partial charge in [-0.1, -0.05) is 36.4 Å². The van der Waals surface area contributed by atoms with Crippen molar-refractivity contribution in [1.29, 1.82) is 0 Å². The fraction of sp³-hybridized carbons (Fsp3) is 0.130. The number of nitrogens with two attached hydrogens (primary N) is 2.